The van der Waals surface area contributed by atoms with E-state index < -0.39 is 11.4 Å². The third kappa shape index (κ3) is 1.65. The first-order valence-electron chi connectivity index (χ1n) is 2.71. The summed E-state index contributed by atoms with van der Waals surface area (Å²) in [6.07, 6.45) is 0. The molecule has 0 atom stereocenters. The molecule has 5 heteroatoms. The maximum Gasteiger partial charge on any atom is 0.267 e. The zero-order valence-corrected chi connectivity index (χ0v) is 6.15. The van der Waals surface area contributed by atoms with Crippen LogP contribution in [0.15, 0.2) is 17.4 Å². The molecule has 0 unspecified atom stereocenters. The monoisotopic (exact) mass is 174 g/mol. The smallest absolute Gasteiger partial charge is 0.267 e. The van der Waals surface area contributed by atoms with Crippen LogP contribution >= 0.6 is 11.6 Å². The van der Waals surface area contributed by atoms with E-state index in [2.05, 4.69) is 11.7 Å². The Hall–Kier alpha value is -1.16. The van der Waals surface area contributed by atoms with E-state index in [0.717, 1.165) is 6.07 Å². The molecule has 0 spiro atoms. The van der Waals surface area contributed by atoms with Gasteiger partial charge in [-0.05, 0) is 0 Å². The molecular weight excluding hydrogens is 171 g/mol. The van der Waals surface area contributed by atoms with Gasteiger partial charge in [0.15, 0.2) is 5.82 Å². The average Bonchev–Trinajstić information content (AvgIpc) is 1.85. The average molecular weight is 175 g/mol. The first-order valence-corrected chi connectivity index (χ1v) is 3.09. The number of nitrogens with one attached hydrogen (secondary N) is 1. The van der Waals surface area contributed by atoms with E-state index in [9.17, 15) is 9.18 Å². The van der Waals surface area contributed by atoms with E-state index in [1.165, 1.54) is 0 Å². The molecule has 0 aliphatic rings. The summed E-state index contributed by atoms with van der Waals surface area (Å²) in [6, 6.07) is 0.760. The molecule has 0 amide bonds. The lowest BCUT2D eigenvalue weighted by atomic mass is 10.4. The van der Waals surface area contributed by atoms with Crippen LogP contribution in [0.5, 0.6) is 0 Å². The SMILES string of the molecule is C=C(Cl)c1n[nH]c(=O)cc1F. The Morgan fingerprint density at radius 1 is 1.82 bits per heavy atom. The Kier molecular flexibility index (Phi) is 2.05. The minimum atomic E-state index is -0.770. The van der Waals surface area contributed by atoms with Crippen molar-refractivity contribution in [1.29, 1.82) is 0 Å². The Balaban J connectivity index is 3.31. The minimum Gasteiger partial charge on any atom is -0.268 e. The van der Waals surface area contributed by atoms with Crippen molar-refractivity contribution in [1.82, 2.24) is 10.2 Å². The van der Waals surface area contributed by atoms with Crippen LogP contribution in [0.1, 0.15) is 5.69 Å². The van der Waals surface area contributed by atoms with E-state index in [1.807, 2.05) is 5.10 Å². The van der Waals surface area contributed by atoms with Crippen molar-refractivity contribution in [2.45, 2.75) is 0 Å². The third-order valence-electron chi connectivity index (χ3n) is 1.02. The number of rotatable bonds is 1. The lowest BCUT2D eigenvalue weighted by Crippen LogP contribution is -2.09. The van der Waals surface area contributed by atoms with Gasteiger partial charge in [0.2, 0.25) is 0 Å². The highest BCUT2D eigenvalue weighted by atomic mass is 35.5. The van der Waals surface area contributed by atoms with Crippen LogP contribution in [0.2, 0.25) is 0 Å². The lowest BCUT2D eigenvalue weighted by molar-refractivity contribution is 0.607. The van der Waals surface area contributed by atoms with Crippen LogP contribution in [0.25, 0.3) is 5.03 Å². The number of aromatic nitrogens is 2. The molecule has 1 heterocycles. The summed E-state index contributed by atoms with van der Waals surface area (Å²) >= 11 is 5.34. The van der Waals surface area contributed by atoms with Gasteiger partial charge in [0.05, 0.1) is 5.03 Å². The molecule has 0 aliphatic heterocycles. The molecule has 58 valence electrons. The summed E-state index contributed by atoms with van der Waals surface area (Å²) in [5, 5.41) is 5.32. The summed E-state index contributed by atoms with van der Waals surface area (Å²) in [6.45, 7) is 3.26. The lowest BCUT2D eigenvalue weighted by Gasteiger charge is -1.94. The summed E-state index contributed by atoms with van der Waals surface area (Å²) < 4.78 is 12.7. The Labute approximate surface area is 66.5 Å². The number of hydrogen-bond donors (Lipinski definition) is 1. The Morgan fingerprint density at radius 2 is 2.45 bits per heavy atom. The van der Waals surface area contributed by atoms with Crippen molar-refractivity contribution in [3.05, 3.63) is 34.5 Å². The first kappa shape index (κ1) is 7.94. The molecule has 0 bridgehead atoms. The summed E-state index contributed by atoms with van der Waals surface area (Å²) in [7, 11) is 0. The number of aromatic amines is 1. The molecule has 0 fully saturated rings. The normalized spacial score (nSPS) is 9.64. The Morgan fingerprint density at radius 3 is 2.91 bits per heavy atom. The second-order valence-corrected chi connectivity index (χ2v) is 2.29. The fourth-order valence-corrected chi connectivity index (χ4v) is 0.703. The predicted molar refractivity (Wildman–Crippen MR) is 39.7 cm³/mol. The van der Waals surface area contributed by atoms with Crippen LogP contribution in [0.3, 0.4) is 0 Å². The standard InChI is InChI=1S/C6H4ClFN2O/c1-3(7)6-4(8)2-5(11)9-10-6/h2H,1H2,(H,9,11). The zero-order valence-electron chi connectivity index (χ0n) is 5.40. The second kappa shape index (κ2) is 2.84. The van der Waals surface area contributed by atoms with E-state index in [4.69, 9.17) is 11.6 Å². The van der Waals surface area contributed by atoms with Gasteiger partial charge in [0.25, 0.3) is 5.56 Å². The second-order valence-electron chi connectivity index (χ2n) is 1.83. The highest BCUT2D eigenvalue weighted by molar-refractivity contribution is 6.48. The third-order valence-corrected chi connectivity index (χ3v) is 1.20. The van der Waals surface area contributed by atoms with Crippen LogP contribution < -0.4 is 5.56 Å². The van der Waals surface area contributed by atoms with Crippen LogP contribution in [-0.4, -0.2) is 10.2 Å². The van der Waals surface area contributed by atoms with Gasteiger partial charge in [-0.25, -0.2) is 9.49 Å². The molecule has 0 radical (unpaired) electrons. The molecular formula is C6H4ClFN2O. The molecule has 11 heavy (non-hydrogen) atoms. The Bertz CT molecular complexity index is 347. The molecule has 0 saturated heterocycles. The van der Waals surface area contributed by atoms with Crippen molar-refractivity contribution in [2.75, 3.05) is 0 Å². The molecule has 1 aromatic heterocycles. The molecule has 3 nitrogen and oxygen atoms in total. The fourth-order valence-electron chi connectivity index (χ4n) is 0.570. The van der Waals surface area contributed by atoms with E-state index in [0.29, 0.717) is 0 Å². The van der Waals surface area contributed by atoms with Crippen LogP contribution in [0, 0.1) is 5.82 Å². The van der Waals surface area contributed by atoms with Gasteiger partial charge in [-0.3, -0.25) is 4.79 Å². The molecule has 0 saturated carbocycles. The molecule has 0 aromatic carbocycles. The van der Waals surface area contributed by atoms with Crippen LogP contribution in [0.4, 0.5) is 4.39 Å². The number of halogens is 2. The van der Waals surface area contributed by atoms with Gasteiger partial charge in [-0.2, -0.15) is 5.10 Å². The van der Waals surface area contributed by atoms with Gasteiger partial charge in [-0.1, -0.05) is 18.2 Å². The highest BCUT2D eigenvalue weighted by Crippen LogP contribution is 2.14. The van der Waals surface area contributed by atoms with Crippen molar-refractivity contribution in [2.24, 2.45) is 0 Å². The van der Waals surface area contributed by atoms with Gasteiger partial charge >= 0.3 is 0 Å². The van der Waals surface area contributed by atoms with Gasteiger partial charge in [0.1, 0.15) is 5.69 Å². The predicted octanol–water partition coefficient (Wildman–Crippen LogP) is 1.12. The zero-order chi connectivity index (χ0) is 8.43. The van der Waals surface area contributed by atoms with Gasteiger partial charge < -0.3 is 0 Å². The number of H-pyrrole nitrogens is 1. The van der Waals surface area contributed by atoms with Crippen molar-refractivity contribution in [3.8, 4) is 0 Å². The minimum absolute atomic E-state index is 0.0428. The highest BCUT2D eigenvalue weighted by Gasteiger charge is 2.05. The largest absolute Gasteiger partial charge is 0.268 e. The topological polar surface area (TPSA) is 45.8 Å². The molecule has 1 aromatic rings. The van der Waals surface area contributed by atoms with Crippen LogP contribution in [-0.2, 0) is 0 Å². The summed E-state index contributed by atoms with van der Waals surface area (Å²) in [5.41, 5.74) is -0.740. The van der Waals surface area contributed by atoms with E-state index >= 15 is 0 Å². The quantitative estimate of drug-likeness (QED) is 0.694. The number of hydrogen-bond acceptors (Lipinski definition) is 2. The summed E-state index contributed by atoms with van der Waals surface area (Å²) in [4.78, 5) is 10.4. The van der Waals surface area contributed by atoms with Gasteiger partial charge in [0, 0.05) is 6.07 Å². The maximum absolute atomic E-state index is 12.7. The first-order chi connectivity index (χ1) is 5.11. The molecule has 0 aliphatic carbocycles. The summed E-state index contributed by atoms with van der Waals surface area (Å²) in [5.74, 6) is -0.770. The maximum atomic E-state index is 12.7. The van der Waals surface area contributed by atoms with E-state index in [-0.39, 0.29) is 10.7 Å². The van der Waals surface area contributed by atoms with Crippen molar-refractivity contribution < 1.29 is 4.39 Å². The van der Waals surface area contributed by atoms with Gasteiger partial charge in [-0.15, -0.1) is 0 Å². The van der Waals surface area contributed by atoms with Crippen molar-refractivity contribution in [3.63, 3.8) is 0 Å². The van der Waals surface area contributed by atoms with Crippen molar-refractivity contribution >= 4 is 16.6 Å². The fraction of sp³-hybridized carbons (Fsp3) is 0. The number of nitrogens with zero attached hydrogens (tertiary/aromatic N) is 1. The molecule has 1 N–H and O–H groups in total. The molecule has 1 rings (SSSR count). The van der Waals surface area contributed by atoms with E-state index in [1.54, 1.807) is 0 Å².